The lowest BCUT2D eigenvalue weighted by atomic mass is 10.3. The van der Waals surface area contributed by atoms with Crippen molar-refractivity contribution in [3.63, 3.8) is 0 Å². The highest BCUT2D eigenvalue weighted by molar-refractivity contribution is 5.45. The SMILES string of the molecule is CCn1ccnc1CNc1ccc(O)cc1. The Hall–Kier alpha value is -1.97. The molecule has 16 heavy (non-hydrogen) atoms. The van der Waals surface area contributed by atoms with E-state index in [9.17, 15) is 0 Å². The topological polar surface area (TPSA) is 50.1 Å². The van der Waals surface area contributed by atoms with Gasteiger partial charge in [0, 0.05) is 24.6 Å². The maximum absolute atomic E-state index is 9.15. The van der Waals surface area contributed by atoms with Crippen molar-refractivity contribution >= 4 is 5.69 Å². The monoisotopic (exact) mass is 217 g/mol. The molecule has 0 fully saturated rings. The first-order valence-electron chi connectivity index (χ1n) is 5.32. The van der Waals surface area contributed by atoms with Gasteiger partial charge >= 0.3 is 0 Å². The van der Waals surface area contributed by atoms with Crippen LogP contribution in [0.3, 0.4) is 0 Å². The second kappa shape index (κ2) is 4.70. The summed E-state index contributed by atoms with van der Waals surface area (Å²) in [7, 11) is 0. The van der Waals surface area contributed by atoms with Crippen LogP contribution in [0.25, 0.3) is 0 Å². The molecule has 4 heteroatoms. The Bertz CT molecular complexity index is 448. The van der Waals surface area contributed by atoms with Crippen LogP contribution in [-0.2, 0) is 13.1 Å². The van der Waals surface area contributed by atoms with Crippen LogP contribution in [0, 0.1) is 0 Å². The molecule has 0 unspecified atom stereocenters. The maximum atomic E-state index is 9.15. The number of nitrogens with zero attached hydrogens (tertiary/aromatic N) is 2. The van der Waals surface area contributed by atoms with Gasteiger partial charge in [0.15, 0.2) is 0 Å². The summed E-state index contributed by atoms with van der Waals surface area (Å²) in [4.78, 5) is 4.27. The minimum Gasteiger partial charge on any atom is -0.508 e. The van der Waals surface area contributed by atoms with Crippen molar-refractivity contribution in [1.29, 1.82) is 0 Å². The van der Waals surface area contributed by atoms with E-state index in [4.69, 9.17) is 5.11 Å². The summed E-state index contributed by atoms with van der Waals surface area (Å²) >= 11 is 0. The van der Waals surface area contributed by atoms with E-state index in [2.05, 4.69) is 21.8 Å². The Balaban J connectivity index is 1.99. The molecule has 0 spiro atoms. The van der Waals surface area contributed by atoms with Gasteiger partial charge in [-0.25, -0.2) is 4.98 Å². The number of aromatic nitrogens is 2. The normalized spacial score (nSPS) is 10.3. The molecule has 0 bridgehead atoms. The molecule has 84 valence electrons. The summed E-state index contributed by atoms with van der Waals surface area (Å²) in [6, 6.07) is 7.01. The molecule has 0 atom stereocenters. The number of aryl methyl sites for hydroxylation is 1. The molecule has 2 N–H and O–H groups in total. The predicted octanol–water partition coefficient (Wildman–Crippen LogP) is 2.22. The molecular weight excluding hydrogens is 202 g/mol. The van der Waals surface area contributed by atoms with E-state index >= 15 is 0 Å². The molecular formula is C12H15N3O. The molecule has 1 aromatic heterocycles. The summed E-state index contributed by atoms with van der Waals surface area (Å²) in [5, 5.41) is 12.4. The summed E-state index contributed by atoms with van der Waals surface area (Å²) in [5.74, 6) is 1.29. The molecule has 1 heterocycles. The molecule has 0 radical (unpaired) electrons. The first-order chi connectivity index (χ1) is 7.79. The molecule has 0 saturated heterocycles. The zero-order chi connectivity index (χ0) is 11.4. The number of hydrogen-bond acceptors (Lipinski definition) is 3. The van der Waals surface area contributed by atoms with E-state index in [1.54, 1.807) is 18.3 Å². The third-order valence-electron chi connectivity index (χ3n) is 2.46. The van der Waals surface area contributed by atoms with Gasteiger partial charge in [0.05, 0.1) is 6.54 Å². The van der Waals surface area contributed by atoms with E-state index in [0.717, 1.165) is 18.1 Å². The first-order valence-corrected chi connectivity index (χ1v) is 5.32. The fourth-order valence-electron chi connectivity index (χ4n) is 1.56. The fourth-order valence-corrected chi connectivity index (χ4v) is 1.56. The highest BCUT2D eigenvalue weighted by Crippen LogP contribution is 2.14. The second-order valence-corrected chi connectivity index (χ2v) is 3.53. The number of anilines is 1. The molecule has 0 amide bonds. The van der Waals surface area contributed by atoms with E-state index in [1.807, 2.05) is 18.3 Å². The van der Waals surface area contributed by atoms with Gasteiger partial charge < -0.3 is 15.0 Å². The van der Waals surface area contributed by atoms with Crippen LogP contribution in [0.4, 0.5) is 5.69 Å². The van der Waals surface area contributed by atoms with Crippen LogP contribution < -0.4 is 5.32 Å². The quantitative estimate of drug-likeness (QED) is 0.772. The van der Waals surface area contributed by atoms with Gasteiger partial charge in [0.1, 0.15) is 11.6 Å². The minimum atomic E-state index is 0.278. The Labute approximate surface area is 94.6 Å². The van der Waals surface area contributed by atoms with Crippen molar-refractivity contribution in [2.45, 2.75) is 20.0 Å². The molecule has 1 aromatic carbocycles. The van der Waals surface area contributed by atoms with Crippen molar-refractivity contribution in [3.05, 3.63) is 42.5 Å². The Morgan fingerprint density at radius 2 is 2.06 bits per heavy atom. The van der Waals surface area contributed by atoms with Crippen molar-refractivity contribution < 1.29 is 5.11 Å². The van der Waals surface area contributed by atoms with Gasteiger partial charge in [-0.1, -0.05) is 0 Å². The standard InChI is InChI=1S/C12H15N3O/c1-2-15-8-7-13-12(15)9-14-10-3-5-11(16)6-4-10/h3-8,14,16H,2,9H2,1H3. The van der Waals surface area contributed by atoms with Gasteiger partial charge in [-0.15, -0.1) is 0 Å². The van der Waals surface area contributed by atoms with Crippen molar-refractivity contribution in [1.82, 2.24) is 9.55 Å². The lowest BCUT2D eigenvalue weighted by Crippen LogP contribution is -2.07. The lowest BCUT2D eigenvalue weighted by Gasteiger charge is -2.07. The number of phenols is 1. The zero-order valence-electron chi connectivity index (χ0n) is 9.22. The summed E-state index contributed by atoms with van der Waals surface area (Å²) in [5.41, 5.74) is 0.975. The van der Waals surface area contributed by atoms with Crippen LogP contribution in [-0.4, -0.2) is 14.7 Å². The number of imidazole rings is 1. The molecule has 0 aliphatic rings. The van der Waals surface area contributed by atoms with E-state index in [0.29, 0.717) is 6.54 Å². The molecule has 0 aliphatic carbocycles. The van der Waals surface area contributed by atoms with Crippen molar-refractivity contribution in [2.24, 2.45) is 0 Å². The van der Waals surface area contributed by atoms with E-state index < -0.39 is 0 Å². The van der Waals surface area contributed by atoms with Crippen LogP contribution in [0.2, 0.25) is 0 Å². The van der Waals surface area contributed by atoms with Gasteiger partial charge in [0.2, 0.25) is 0 Å². The fraction of sp³-hybridized carbons (Fsp3) is 0.250. The molecule has 0 aliphatic heterocycles. The Morgan fingerprint density at radius 1 is 1.31 bits per heavy atom. The average Bonchev–Trinajstić information content (AvgIpc) is 2.76. The van der Waals surface area contributed by atoms with Gasteiger partial charge in [-0.2, -0.15) is 0 Å². The number of aromatic hydroxyl groups is 1. The largest absolute Gasteiger partial charge is 0.508 e. The third-order valence-corrected chi connectivity index (χ3v) is 2.46. The van der Waals surface area contributed by atoms with Crippen molar-refractivity contribution in [3.8, 4) is 5.75 Å². The highest BCUT2D eigenvalue weighted by Gasteiger charge is 2.00. The summed E-state index contributed by atoms with van der Waals surface area (Å²) in [6.45, 7) is 3.70. The molecule has 2 aromatic rings. The van der Waals surface area contributed by atoms with Gasteiger partial charge in [-0.3, -0.25) is 0 Å². The first kappa shape index (κ1) is 10.5. The molecule has 0 saturated carbocycles. The number of rotatable bonds is 4. The average molecular weight is 217 g/mol. The maximum Gasteiger partial charge on any atom is 0.128 e. The van der Waals surface area contributed by atoms with Gasteiger partial charge in [-0.05, 0) is 31.2 Å². The van der Waals surface area contributed by atoms with Crippen LogP contribution >= 0.6 is 0 Å². The summed E-state index contributed by atoms with van der Waals surface area (Å²) < 4.78 is 2.09. The Morgan fingerprint density at radius 3 is 2.75 bits per heavy atom. The number of phenolic OH excluding ortho intramolecular Hbond substituents is 1. The van der Waals surface area contributed by atoms with E-state index in [1.165, 1.54) is 0 Å². The van der Waals surface area contributed by atoms with Crippen molar-refractivity contribution in [2.75, 3.05) is 5.32 Å². The molecule has 2 rings (SSSR count). The third kappa shape index (κ3) is 2.34. The van der Waals surface area contributed by atoms with E-state index in [-0.39, 0.29) is 5.75 Å². The number of benzene rings is 1. The second-order valence-electron chi connectivity index (χ2n) is 3.53. The van der Waals surface area contributed by atoms with Gasteiger partial charge in [0.25, 0.3) is 0 Å². The zero-order valence-corrected chi connectivity index (χ0v) is 9.22. The predicted molar refractivity (Wildman–Crippen MR) is 63.3 cm³/mol. The number of nitrogens with one attached hydrogen (secondary N) is 1. The minimum absolute atomic E-state index is 0.278. The van der Waals surface area contributed by atoms with Crippen LogP contribution in [0.15, 0.2) is 36.7 Å². The lowest BCUT2D eigenvalue weighted by molar-refractivity contribution is 0.475. The van der Waals surface area contributed by atoms with Crippen LogP contribution in [0.5, 0.6) is 5.75 Å². The highest BCUT2D eigenvalue weighted by atomic mass is 16.3. The smallest absolute Gasteiger partial charge is 0.128 e. The summed E-state index contributed by atoms with van der Waals surface area (Å²) in [6.07, 6.45) is 3.77. The molecule has 4 nitrogen and oxygen atoms in total. The Kier molecular flexibility index (Phi) is 3.10. The number of hydrogen-bond donors (Lipinski definition) is 2. The van der Waals surface area contributed by atoms with Crippen LogP contribution in [0.1, 0.15) is 12.7 Å².